The highest BCUT2D eigenvalue weighted by atomic mass is 35.5. The highest BCUT2D eigenvalue weighted by molar-refractivity contribution is 6.41. The van der Waals surface area contributed by atoms with E-state index in [9.17, 15) is 9.59 Å². The number of methoxy groups -OCH3 is 2. The van der Waals surface area contributed by atoms with E-state index in [0.717, 1.165) is 6.42 Å². The monoisotopic (exact) mass is 600 g/mol. The molecule has 1 aromatic carbocycles. The van der Waals surface area contributed by atoms with Crippen molar-refractivity contribution in [1.82, 2.24) is 9.97 Å². The van der Waals surface area contributed by atoms with Gasteiger partial charge in [0.1, 0.15) is 29.2 Å². The standard InChI is InChI=1S/C29H30Cl2N4O6/c1-4-17(36)8-16-13-40-14-20(16)33-24-10-18-15(12-32-24)9-19(34-28(18)35-29(37)21-6-5-7-41-21)25-26(30)22(38-2)11-23(39-3)27(25)31/h4,9-12,16,20-21H,1,5-8,13-14H2,2-3H3,(H,32,33)(H,34,35,37)/t16-,20+,21?/m0/s1. The van der Waals surface area contributed by atoms with Crippen molar-refractivity contribution in [3.63, 3.8) is 0 Å². The first-order chi connectivity index (χ1) is 19.8. The number of nitrogens with zero attached hydrogens (tertiary/aromatic N) is 2. The van der Waals surface area contributed by atoms with Crippen molar-refractivity contribution in [1.29, 1.82) is 0 Å². The molecule has 10 nitrogen and oxygen atoms in total. The summed E-state index contributed by atoms with van der Waals surface area (Å²) in [7, 11) is 2.98. The zero-order valence-electron chi connectivity index (χ0n) is 22.7. The maximum atomic E-state index is 13.1. The summed E-state index contributed by atoms with van der Waals surface area (Å²) in [5.74, 6) is 1.19. The van der Waals surface area contributed by atoms with Crippen LogP contribution in [0.3, 0.4) is 0 Å². The van der Waals surface area contributed by atoms with E-state index in [0.29, 0.717) is 77.8 Å². The van der Waals surface area contributed by atoms with E-state index in [1.165, 1.54) is 20.3 Å². The SMILES string of the molecule is C=CC(=O)C[C@H]1COC[C@H]1Nc1cc2c(NC(=O)C3CCCO3)nc(-c3c(Cl)c(OC)cc(OC)c3Cl)cc2cn1. The molecule has 2 fully saturated rings. The summed E-state index contributed by atoms with van der Waals surface area (Å²) in [4.78, 5) is 34.5. The van der Waals surface area contributed by atoms with Gasteiger partial charge < -0.3 is 29.6 Å². The van der Waals surface area contributed by atoms with Gasteiger partial charge in [-0.25, -0.2) is 9.97 Å². The molecule has 0 saturated carbocycles. The smallest absolute Gasteiger partial charge is 0.254 e. The van der Waals surface area contributed by atoms with Gasteiger partial charge in [0.2, 0.25) is 0 Å². The van der Waals surface area contributed by atoms with Gasteiger partial charge >= 0.3 is 0 Å². The van der Waals surface area contributed by atoms with E-state index in [4.69, 9.17) is 47.1 Å². The number of carbonyl (C=O) groups excluding carboxylic acids is 2. The number of ether oxygens (including phenoxy) is 4. The number of hydrogen-bond donors (Lipinski definition) is 2. The van der Waals surface area contributed by atoms with E-state index in [1.54, 1.807) is 24.4 Å². The second kappa shape index (κ2) is 12.6. The fourth-order valence-electron chi connectivity index (χ4n) is 5.03. The summed E-state index contributed by atoms with van der Waals surface area (Å²) in [6, 6.07) is 5.06. The van der Waals surface area contributed by atoms with Crippen molar-refractivity contribution in [3.05, 3.63) is 47.1 Å². The van der Waals surface area contributed by atoms with Crippen LogP contribution in [0.4, 0.5) is 11.6 Å². The van der Waals surface area contributed by atoms with Crippen molar-refractivity contribution < 1.29 is 28.5 Å². The van der Waals surface area contributed by atoms with Gasteiger partial charge in [0.25, 0.3) is 5.91 Å². The number of hydrogen-bond acceptors (Lipinski definition) is 9. The Morgan fingerprint density at radius 2 is 1.90 bits per heavy atom. The van der Waals surface area contributed by atoms with Gasteiger partial charge in [-0.1, -0.05) is 29.8 Å². The van der Waals surface area contributed by atoms with E-state index in [-0.39, 0.29) is 33.7 Å². The molecule has 2 N–H and O–H groups in total. The van der Waals surface area contributed by atoms with Crippen LogP contribution >= 0.6 is 23.2 Å². The van der Waals surface area contributed by atoms with Gasteiger partial charge in [-0.3, -0.25) is 9.59 Å². The number of allylic oxidation sites excluding steroid dienone is 1. The molecule has 3 atom stereocenters. The van der Waals surface area contributed by atoms with Gasteiger partial charge in [0.15, 0.2) is 5.78 Å². The summed E-state index contributed by atoms with van der Waals surface area (Å²) in [6.07, 6.45) is 4.18. The highest BCUT2D eigenvalue weighted by Crippen LogP contribution is 2.46. The molecule has 0 aliphatic carbocycles. The lowest BCUT2D eigenvalue weighted by Crippen LogP contribution is -2.29. The summed E-state index contributed by atoms with van der Waals surface area (Å²) in [6.45, 7) is 4.98. The third-order valence-electron chi connectivity index (χ3n) is 7.23. The second-order valence-corrected chi connectivity index (χ2v) is 10.6. The number of fused-ring (bicyclic) bond motifs is 1. The number of aromatic nitrogens is 2. The van der Waals surface area contributed by atoms with E-state index < -0.39 is 6.10 Å². The summed E-state index contributed by atoms with van der Waals surface area (Å²) in [5.41, 5.74) is 0.779. The number of benzene rings is 1. The topological polar surface area (TPSA) is 121 Å². The average molecular weight is 601 g/mol. The molecule has 5 rings (SSSR count). The minimum atomic E-state index is -0.571. The molecule has 1 amide bonds. The maximum absolute atomic E-state index is 13.1. The first-order valence-corrected chi connectivity index (χ1v) is 13.9. The third kappa shape index (κ3) is 6.11. The van der Waals surface area contributed by atoms with Crippen LogP contribution in [0.1, 0.15) is 19.3 Å². The number of carbonyl (C=O) groups is 2. The molecule has 216 valence electrons. The average Bonchev–Trinajstić information content (AvgIpc) is 3.66. The molecule has 0 spiro atoms. The molecule has 4 heterocycles. The molecule has 2 saturated heterocycles. The predicted octanol–water partition coefficient (Wildman–Crippen LogP) is 5.31. The van der Waals surface area contributed by atoms with Gasteiger partial charge in [-0.2, -0.15) is 0 Å². The Morgan fingerprint density at radius 1 is 1.15 bits per heavy atom. The molecule has 12 heteroatoms. The molecule has 0 bridgehead atoms. The lowest BCUT2D eigenvalue weighted by molar-refractivity contribution is -0.124. The number of halogens is 2. The van der Waals surface area contributed by atoms with Crippen molar-refractivity contribution in [2.24, 2.45) is 5.92 Å². The lowest BCUT2D eigenvalue weighted by atomic mass is 9.97. The van der Waals surface area contributed by atoms with E-state index >= 15 is 0 Å². The molecule has 2 aliphatic rings. The molecule has 2 aromatic heterocycles. The fourth-order valence-corrected chi connectivity index (χ4v) is 5.73. The normalized spacial score (nSPS) is 20.1. The minimum absolute atomic E-state index is 0.0236. The Balaban J connectivity index is 1.57. The molecule has 0 radical (unpaired) electrons. The number of nitrogens with one attached hydrogen (secondary N) is 2. The first kappa shape index (κ1) is 29.1. The van der Waals surface area contributed by atoms with Crippen LogP contribution in [0, 0.1) is 5.92 Å². The van der Waals surface area contributed by atoms with Crippen molar-refractivity contribution in [3.8, 4) is 22.8 Å². The fraction of sp³-hybridized carbons (Fsp3) is 0.379. The second-order valence-electron chi connectivity index (χ2n) is 9.84. The summed E-state index contributed by atoms with van der Waals surface area (Å²) < 4.78 is 22.1. The molecular formula is C29H30Cl2N4O6. The Hall–Kier alpha value is -3.44. The number of amides is 1. The number of ketones is 1. The van der Waals surface area contributed by atoms with Crippen LogP contribution in [0.15, 0.2) is 37.1 Å². The maximum Gasteiger partial charge on any atom is 0.254 e. The third-order valence-corrected chi connectivity index (χ3v) is 7.98. The van der Waals surface area contributed by atoms with Gasteiger partial charge in [-0.15, -0.1) is 0 Å². The number of rotatable bonds is 10. The van der Waals surface area contributed by atoms with Gasteiger partial charge in [0.05, 0.1) is 49.2 Å². The van der Waals surface area contributed by atoms with Crippen LogP contribution in [-0.4, -0.2) is 67.8 Å². The zero-order chi connectivity index (χ0) is 29.1. The Morgan fingerprint density at radius 3 is 2.56 bits per heavy atom. The lowest BCUT2D eigenvalue weighted by Gasteiger charge is -2.20. The van der Waals surface area contributed by atoms with E-state index in [2.05, 4.69) is 22.2 Å². The summed E-state index contributed by atoms with van der Waals surface area (Å²) in [5, 5.41) is 8.12. The highest BCUT2D eigenvalue weighted by Gasteiger charge is 2.30. The van der Waals surface area contributed by atoms with Crippen molar-refractivity contribution in [2.75, 3.05) is 44.7 Å². The van der Waals surface area contributed by atoms with Crippen LogP contribution in [0.5, 0.6) is 11.5 Å². The molecular weight excluding hydrogens is 571 g/mol. The Labute approximate surface area is 247 Å². The number of anilines is 2. The Kier molecular flexibility index (Phi) is 8.94. The van der Waals surface area contributed by atoms with Crippen LogP contribution in [0.2, 0.25) is 10.0 Å². The van der Waals surface area contributed by atoms with Gasteiger partial charge in [0, 0.05) is 47.5 Å². The summed E-state index contributed by atoms with van der Waals surface area (Å²) >= 11 is 13.4. The molecule has 41 heavy (non-hydrogen) atoms. The minimum Gasteiger partial charge on any atom is -0.495 e. The number of pyridine rings is 2. The van der Waals surface area contributed by atoms with Gasteiger partial charge in [-0.05, 0) is 31.1 Å². The zero-order valence-corrected chi connectivity index (χ0v) is 24.2. The van der Waals surface area contributed by atoms with Crippen LogP contribution in [-0.2, 0) is 19.1 Å². The van der Waals surface area contributed by atoms with Crippen molar-refractivity contribution in [2.45, 2.75) is 31.4 Å². The largest absolute Gasteiger partial charge is 0.495 e. The molecule has 1 unspecified atom stereocenters. The van der Waals surface area contributed by atoms with Crippen molar-refractivity contribution >= 4 is 57.3 Å². The van der Waals surface area contributed by atoms with Crippen LogP contribution < -0.4 is 20.1 Å². The van der Waals surface area contributed by atoms with Crippen LogP contribution in [0.25, 0.3) is 22.0 Å². The first-order valence-electron chi connectivity index (χ1n) is 13.2. The molecule has 3 aromatic rings. The Bertz CT molecular complexity index is 1470. The van der Waals surface area contributed by atoms with E-state index in [1.807, 2.05) is 0 Å². The molecule has 2 aliphatic heterocycles. The predicted molar refractivity (Wildman–Crippen MR) is 157 cm³/mol. The quantitative estimate of drug-likeness (QED) is 0.298.